The molecule has 0 aliphatic carbocycles. The Bertz CT molecular complexity index is 1090. The number of esters is 1. The Morgan fingerprint density at radius 1 is 1.13 bits per heavy atom. The number of ether oxygens (including phenoxy) is 1. The van der Waals surface area contributed by atoms with Gasteiger partial charge in [0.05, 0.1) is 30.6 Å². The van der Waals surface area contributed by atoms with E-state index in [2.05, 4.69) is 28.7 Å². The van der Waals surface area contributed by atoms with Crippen molar-refractivity contribution < 1.29 is 22.7 Å². The molecule has 1 aliphatic heterocycles. The Balaban J connectivity index is 1.57. The third kappa shape index (κ3) is 3.87. The van der Waals surface area contributed by atoms with E-state index in [1.165, 1.54) is 11.7 Å². The molecular weight excluding hydrogens is 409 g/mol. The number of methoxy groups -OCH3 is 1. The van der Waals surface area contributed by atoms with Crippen LogP contribution in [0.1, 0.15) is 47.9 Å². The maximum atomic E-state index is 12.8. The lowest BCUT2D eigenvalue weighted by molar-refractivity contribution is -0.140. The minimum atomic E-state index is -4.50. The number of hydrogen-bond donors (Lipinski definition) is 0. The standard InChI is InChI=1S/C22H21F3N4O2/c1-21(2)10-17(14-4-6-15(7-5-14)20(30)31-3)29(21)16-8-9-19(26-11-16)28-12-18(27-13-28)22(23,24)25/h4-9,11-13,17H,10H2,1-3H3. The zero-order chi connectivity index (χ0) is 22.4. The van der Waals surface area contributed by atoms with Crippen LogP contribution >= 0.6 is 0 Å². The molecule has 4 rings (SSSR count). The Morgan fingerprint density at radius 3 is 2.35 bits per heavy atom. The number of nitrogens with zero attached hydrogens (tertiary/aromatic N) is 4. The topological polar surface area (TPSA) is 60.2 Å². The van der Waals surface area contributed by atoms with Crippen LogP contribution < -0.4 is 4.90 Å². The number of anilines is 1. The number of benzene rings is 1. The number of aromatic nitrogens is 3. The predicted molar refractivity (Wildman–Crippen MR) is 108 cm³/mol. The van der Waals surface area contributed by atoms with Crippen LogP contribution in [0.15, 0.2) is 55.1 Å². The summed E-state index contributed by atoms with van der Waals surface area (Å²) in [5, 5.41) is 0. The predicted octanol–water partition coefficient (Wildman–Crippen LogP) is 4.80. The molecular formula is C22H21F3N4O2. The van der Waals surface area contributed by atoms with Gasteiger partial charge in [0, 0.05) is 11.7 Å². The maximum Gasteiger partial charge on any atom is 0.434 e. The summed E-state index contributed by atoms with van der Waals surface area (Å²) in [6.07, 6.45) is 0.0803. The maximum absolute atomic E-state index is 12.8. The monoisotopic (exact) mass is 430 g/mol. The van der Waals surface area contributed by atoms with E-state index in [0.717, 1.165) is 30.2 Å². The molecule has 1 saturated heterocycles. The van der Waals surface area contributed by atoms with Gasteiger partial charge in [0.1, 0.15) is 12.1 Å². The molecule has 0 radical (unpaired) electrons. The molecule has 3 heterocycles. The normalized spacial score (nSPS) is 17.9. The van der Waals surface area contributed by atoms with Crippen LogP contribution in [0.3, 0.4) is 0 Å². The second-order valence-corrected chi connectivity index (χ2v) is 8.05. The largest absolute Gasteiger partial charge is 0.465 e. The third-order valence-corrected chi connectivity index (χ3v) is 5.52. The number of alkyl halides is 3. The van der Waals surface area contributed by atoms with Crippen LogP contribution in [-0.4, -0.2) is 33.2 Å². The van der Waals surface area contributed by atoms with E-state index >= 15 is 0 Å². The quantitative estimate of drug-likeness (QED) is 0.557. The molecule has 0 N–H and O–H groups in total. The molecule has 0 amide bonds. The highest BCUT2D eigenvalue weighted by molar-refractivity contribution is 5.89. The average molecular weight is 430 g/mol. The molecule has 1 unspecified atom stereocenters. The Hall–Kier alpha value is -3.36. The van der Waals surface area contributed by atoms with E-state index in [1.807, 2.05) is 18.2 Å². The molecule has 9 heteroatoms. The molecule has 162 valence electrons. The van der Waals surface area contributed by atoms with Crippen LogP contribution in [0, 0.1) is 0 Å². The van der Waals surface area contributed by atoms with Crippen LogP contribution in [0.4, 0.5) is 18.9 Å². The van der Waals surface area contributed by atoms with Crippen molar-refractivity contribution in [3.8, 4) is 5.82 Å². The molecule has 1 fully saturated rings. The smallest absolute Gasteiger partial charge is 0.434 e. The zero-order valence-corrected chi connectivity index (χ0v) is 17.2. The summed E-state index contributed by atoms with van der Waals surface area (Å²) < 4.78 is 44.4. The fourth-order valence-corrected chi connectivity index (χ4v) is 4.00. The highest BCUT2D eigenvalue weighted by atomic mass is 19.4. The van der Waals surface area contributed by atoms with Gasteiger partial charge in [0.15, 0.2) is 5.69 Å². The van der Waals surface area contributed by atoms with Gasteiger partial charge in [-0.25, -0.2) is 14.8 Å². The van der Waals surface area contributed by atoms with Crippen molar-refractivity contribution in [1.82, 2.24) is 14.5 Å². The Labute approximate surface area is 177 Å². The van der Waals surface area contributed by atoms with Crippen LogP contribution in [-0.2, 0) is 10.9 Å². The zero-order valence-electron chi connectivity index (χ0n) is 17.2. The lowest BCUT2D eigenvalue weighted by atomic mass is 9.77. The van der Waals surface area contributed by atoms with Crippen molar-refractivity contribution >= 4 is 11.7 Å². The molecule has 0 spiro atoms. The van der Waals surface area contributed by atoms with E-state index in [0.29, 0.717) is 11.4 Å². The molecule has 2 aromatic heterocycles. The van der Waals surface area contributed by atoms with Gasteiger partial charge in [0.25, 0.3) is 0 Å². The van der Waals surface area contributed by atoms with Gasteiger partial charge < -0.3 is 9.64 Å². The van der Waals surface area contributed by atoms with Gasteiger partial charge in [-0.3, -0.25) is 4.57 Å². The number of pyridine rings is 1. The fourth-order valence-electron chi connectivity index (χ4n) is 4.00. The van der Waals surface area contributed by atoms with Crippen LogP contribution in [0.5, 0.6) is 0 Å². The first kappa shape index (κ1) is 20.9. The van der Waals surface area contributed by atoms with E-state index < -0.39 is 11.9 Å². The van der Waals surface area contributed by atoms with Crippen molar-refractivity contribution in [3.05, 3.63) is 71.9 Å². The fraction of sp³-hybridized carbons (Fsp3) is 0.318. The first-order chi connectivity index (χ1) is 14.6. The number of imidazole rings is 1. The summed E-state index contributed by atoms with van der Waals surface area (Å²) in [5.41, 5.74) is 1.32. The molecule has 1 aromatic carbocycles. The van der Waals surface area contributed by atoms with E-state index in [4.69, 9.17) is 4.74 Å². The molecule has 1 atom stereocenters. The van der Waals surface area contributed by atoms with Gasteiger partial charge in [-0.2, -0.15) is 13.2 Å². The molecule has 6 nitrogen and oxygen atoms in total. The summed E-state index contributed by atoms with van der Waals surface area (Å²) in [6, 6.07) is 10.9. The molecule has 3 aromatic rings. The summed E-state index contributed by atoms with van der Waals surface area (Å²) in [5.74, 6) is -0.0330. The number of rotatable bonds is 4. The number of carbonyl (C=O) groups excluding carboxylic acids is 1. The molecule has 0 bridgehead atoms. The van der Waals surface area contributed by atoms with E-state index in [9.17, 15) is 18.0 Å². The first-order valence-electron chi connectivity index (χ1n) is 9.65. The SMILES string of the molecule is COC(=O)c1ccc(C2CC(C)(C)N2c2ccc(-n3cnc(C(F)(F)F)c3)nc2)cc1. The molecule has 1 aliphatic rings. The van der Waals surface area contributed by atoms with Gasteiger partial charge in [-0.1, -0.05) is 12.1 Å². The van der Waals surface area contributed by atoms with Crippen molar-refractivity contribution in [2.75, 3.05) is 12.0 Å². The third-order valence-electron chi connectivity index (χ3n) is 5.52. The van der Waals surface area contributed by atoms with Crippen LogP contribution in [0.25, 0.3) is 5.82 Å². The van der Waals surface area contributed by atoms with Crippen molar-refractivity contribution in [2.45, 2.75) is 38.0 Å². The number of hydrogen-bond acceptors (Lipinski definition) is 5. The summed E-state index contributed by atoms with van der Waals surface area (Å²) >= 11 is 0. The van der Waals surface area contributed by atoms with Crippen molar-refractivity contribution in [3.63, 3.8) is 0 Å². The van der Waals surface area contributed by atoms with Gasteiger partial charge in [0.2, 0.25) is 0 Å². The van der Waals surface area contributed by atoms with Crippen molar-refractivity contribution in [2.24, 2.45) is 0 Å². The van der Waals surface area contributed by atoms with Gasteiger partial charge in [-0.15, -0.1) is 0 Å². The Kier molecular flexibility index (Phi) is 4.99. The first-order valence-corrected chi connectivity index (χ1v) is 9.65. The summed E-state index contributed by atoms with van der Waals surface area (Å²) in [4.78, 5) is 21.6. The van der Waals surface area contributed by atoms with Gasteiger partial charge in [-0.05, 0) is 50.1 Å². The summed E-state index contributed by atoms with van der Waals surface area (Å²) in [6.45, 7) is 4.23. The second-order valence-electron chi connectivity index (χ2n) is 8.05. The Morgan fingerprint density at radius 2 is 1.84 bits per heavy atom. The molecule has 0 saturated carbocycles. The highest BCUT2D eigenvalue weighted by Gasteiger charge is 2.45. The van der Waals surface area contributed by atoms with E-state index in [1.54, 1.807) is 24.4 Å². The minimum absolute atomic E-state index is 0.0967. The number of carbonyl (C=O) groups is 1. The van der Waals surface area contributed by atoms with E-state index in [-0.39, 0.29) is 17.6 Å². The lowest BCUT2D eigenvalue weighted by Crippen LogP contribution is -2.58. The van der Waals surface area contributed by atoms with Gasteiger partial charge >= 0.3 is 12.1 Å². The summed E-state index contributed by atoms with van der Waals surface area (Å²) in [7, 11) is 1.34. The molecule has 31 heavy (non-hydrogen) atoms. The highest BCUT2D eigenvalue weighted by Crippen LogP contribution is 2.48. The second kappa shape index (κ2) is 7.40. The lowest BCUT2D eigenvalue weighted by Gasteiger charge is -2.57. The average Bonchev–Trinajstić information content (AvgIpc) is 3.23. The minimum Gasteiger partial charge on any atom is -0.465 e. The van der Waals surface area contributed by atoms with Crippen molar-refractivity contribution in [1.29, 1.82) is 0 Å². The number of halogens is 3. The van der Waals surface area contributed by atoms with Crippen LogP contribution in [0.2, 0.25) is 0 Å².